The highest BCUT2D eigenvalue weighted by molar-refractivity contribution is 7.47. The molecule has 17 nitrogen and oxygen atoms in total. The van der Waals surface area contributed by atoms with Gasteiger partial charge in [0.25, 0.3) is 0 Å². The van der Waals surface area contributed by atoms with Crippen molar-refractivity contribution in [1.82, 2.24) is 0 Å². The predicted molar refractivity (Wildman–Crippen MR) is 211 cm³/mol. The summed E-state index contributed by atoms with van der Waals surface area (Å²) in [6.45, 7) is 4.15. The summed E-state index contributed by atoms with van der Waals surface area (Å²) in [5.74, 6) is -2.24. The Morgan fingerprint density at radius 3 is 1.07 bits per heavy atom. The lowest BCUT2D eigenvalue weighted by Gasteiger charge is -2.21. The molecule has 0 fully saturated rings. The van der Waals surface area contributed by atoms with Crippen LogP contribution in [0, 0.1) is 0 Å². The van der Waals surface area contributed by atoms with Gasteiger partial charge in [0.05, 0.1) is 26.4 Å². The van der Waals surface area contributed by atoms with Crippen molar-refractivity contribution in [2.75, 3.05) is 39.6 Å². The van der Waals surface area contributed by atoms with Gasteiger partial charge < -0.3 is 33.8 Å². The van der Waals surface area contributed by atoms with Crippen LogP contribution in [0.1, 0.15) is 163 Å². The number of phosphoric acid groups is 2. The number of carbonyl (C=O) groups excluding carboxylic acids is 4. The maximum Gasteiger partial charge on any atom is 0.472 e. The Morgan fingerprint density at radius 1 is 0.421 bits per heavy atom. The van der Waals surface area contributed by atoms with Crippen molar-refractivity contribution in [3.63, 3.8) is 0 Å². The number of unbranched alkanes of at least 4 members (excludes halogenated alkanes) is 13. The lowest BCUT2D eigenvalue weighted by molar-refractivity contribution is -0.161. The maximum atomic E-state index is 12.6. The van der Waals surface area contributed by atoms with Crippen LogP contribution in [0.5, 0.6) is 0 Å². The van der Waals surface area contributed by atoms with E-state index in [9.17, 15) is 43.2 Å². The van der Waals surface area contributed by atoms with Crippen LogP contribution in [0.4, 0.5) is 0 Å². The van der Waals surface area contributed by atoms with E-state index in [2.05, 4.69) is 13.8 Å². The average Bonchev–Trinajstić information content (AvgIpc) is 3.17. The molecule has 19 heteroatoms. The van der Waals surface area contributed by atoms with Crippen LogP contribution in [0.2, 0.25) is 0 Å². The Balaban J connectivity index is 5.04. The van der Waals surface area contributed by atoms with E-state index in [-0.39, 0.29) is 25.7 Å². The van der Waals surface area contributed by atoms with Gasteiger partial charge in [0.2, 0.25) is 0 Å². The topological polar surface area (TPSA) is 237 Å². The first-order valence-electron chi connectivity index (χ1n) is 20.8. The summed E-state index contributed by atoms with van der Waals surface area (Å²) in [5.41, 5.74) is 0. The average molecular weight is 863 g/mol. The SMILES string of the molecule is CCCCCCCCC(=O)O[C@H](COC(=O)CCCCC)COP(=O)(O)OC[C@@H](O)COP(=O)(O)OC[C@@H](COC(=O)CCCCCCC)OC(=O)CCCCC. The first-order chi connectivity index (χ1) is 27.2. The van der Waals surface area contributed by atoms with Crippen molar-refractivity contribution in [1.29, 1.82) is 0 Å². The Kier molecular flexibility index (Phi) is 33.7. The number of carbonyl (C=O) groups is 4. The van der Waals surface area contributed by atoms with Crippen molar-refractivity contribution in [2.24, 2.45) is 0 Å². The molecule has 0 radical (unpaired) electrons. The third kappa shape index (κ3) is 34.6. The second-order valence-corrected chi connectivity index (χ2v) is 16.9. The Hall–Kier alpha value is -1.94. The van der Waals surface area contributed by atoms with Gasteiger partial charge in [0.15, 0.2) is 12.2 Å². The van der Waals surface area contributed by atoms with Crippen molar-refractivity contribution in [3.05, 3.63) is 0 Å². The minimum atomic E-state index is -4.89. The van der Waals surface area contributed by atoms with Crippen LogP contribution in [-0.2, 0) is 65.4 Å². The van der Waals surface area contributed by atoms with Crippen LogP contribution in [0.15, 0.2) is 0 Å². The molecule has 0 aliphatic carbocycles. The number of rotatable bonds is 39. The van der Waals surface area contributed by atoms with Gasteiger partial charge in [0.1, 0.15) is 19.3 Å². The molecule has 0 spiro atoms. The van der Waals surface area contributed by atoms with Gasteiger partial charge in [-0.3, -0.25) is 37.3 Å². The second kappa shape index (κ2) is 34.9. The molecule has 0 amide bonds. The van der Waals surface area contributed by atoms with Crippen LogP contribution in [0.25, 0.3) is 0 Å². The number of hydrogen-bond acceptors (Lipinski definition) is 15. The van der Waals surface area contributed by atoms with Crippen LogP contribution in [0.3, 0.4) is 0 Å². The van der Waals surface area contributed by atoms with Crippen molar-refractivity contribution < 1.29 is 80.2 Å². The summed E-state index contributed by atoms with van der Waals surface area (Å²) < 4.78 is 65.7. The van der Waals surface area contributed by atoms with E-state index < -0.39 is 97.5 Å². The van der Waals surface area contributed by atoms with Gasteiger partial charge in [-0.05, 0) is 25.7 Å². The number of ether oxygens (including phenoxy) is 4. The molecule has 3 N–H and O–H groups in total. The Bertz CT molecular complexity index is 1170. The van der Waals surface area contributed by atoms with E-state index in [0.717, 1.165) is 83.5 Å². The summed E-state index contributed by atoms with van der Waals surface area (Å²) in [4.78, 5) is 69.5. The second-order valence-electron chi connectivity index (χ2n) is 14.0. The molecule has 0 saturated carbocycles. The van der Waals surface area contributed by atoms with Crippen molar-refractivity contribution in [3.8, 4) is 0 Å². The molecule has 0 heterocycles. The van der Waals surface area contributed by atoms with E-state index >= 15 is 0 Å². The number of aliphatic hydroxyl groups is 1. The van der Waals surface area contributed by atoms with E-state index in [1.54, 1.807) is 0 Å². The first-order valence-corrected chi connectivity index (χ1v) is 23.8. The minimum Gasteiger partial charge on any atom is -0.462 e. The molecule has 0 aromatic heterocycles. The predicted octanol–water partition coefficient (Wildman–Crippen LogP) is 7.80. The number of hydrogen-bond donors (Lipinski definition) is 3. The fourth-order valence-electron chi connectivity index (χ4n) is 5.04. The third-order valence-corrected chi connectivity index (χ3v) is 10.3. The normalized spacial score (nSPS) is 15.1. The summed E-state index contributed by atoms with van der Waals surface area (Å²) in [6, 6.07) is 0. The lowest BCUT2D eigenvalue weighted by atomic mass is 10.1. The molecule has 0 aliphatic heterocycles. The Labute approximate surface area is 339 Å². The van der Waals surface area contributed by atoms with Gasteiger partial charge in [0, 0.05) is 25.7 Å². The van der Waals surface area contributed by atoms with Crippen LogP contribution >= 0.6 is 15.6 Å². The fraction of sp³-hybridized carbons (Fsp3) is 0.895. The van der Waals surface area contributed by atoms with Gasteiger partial charge in [-0.15, -0.1) is 0 Å². The molecule has 57 heavy (non-hydrogen) atoms. The fourth-order valence-corrected chi connectivity index (χ4v) is 6.62. The van der Waals surface area contributed by atoms with Gasteiger partial charge in [-0.2, -0.15) is 0 Å². The monoisotopic (exact) mass is 862 g/mol. The highest BCUT2D eigenvalue weighted by Gasteiger charge is 2.30. The minimum absolute atomic E-state index is 0.0885. The largest absolute Gasteiger partial charge is 0.472 e. The molecule has 0 aromatic rings. The van der Waals surface area contributed by atoms with E-state index in [1.165, 1.54) is 0 Å². The molecule has 0 rings (SSSR count). The number of phosphoric ester groups is 2. The van der Waals surface area contributed by atoms with Crippen molar-refractivity contribution >= 4 is 39.5 Å². The quantitative estimate of drug-likeness (QED) is 0.0231. The summed E-state index contributed by atoms with van der Waals surface area (Å²) >= 11 is 0. The lowest BCUT2D eigenvalue weighted by Crippen LogP contribution is -2.30. The smallest absolute Gasteiger partial charge is 0.462 e. The zero-order valence-electron chi connectivity index (χ0n) is 34.8. The molecule has 0 aromatic carbocycles. The zero-order chi connectivity index (χ0) is 42.8. The van der Waals surface area contributed by atoms with Crippen LogP contribution < -0.4 is 0 Å². The van der Waals surface area contributed by atoms with Gasteiger partial charge >= 0.3 is 39.5 Å². The third-order valence-electron chi connectivity index (χ3n) is 8.35. The maximum absolute atomic E-state index is 12.6. The molecule has 0 aliphatic rings. The zero-order valence-corrected chi connectivity index (χ0v) is 36.6. The summed E-state index contributed by atoms with van der Waals surface area (Å²) in [5, 5.41) is 10.2. The summed E-state index contributed by atoms with van der Waals surface area (Å²) in [7, 11) is -9.78. The van der Waals surface area contributed by atoms with Crippen molar-refractivity contribution in [2.45, 2.75) is 181 Å². The molecular formula is C38H72O17P2. The molecule has 5 atom stereocenters. The molecule has 0 saturated heterocycles. The Morgan fingerprint density at radius 2 is 0.702 bits per heavy atom. The summed E-state index contributed by atoms with van der Waals surface area (Å²) in [6.07, 6.45) is 11.2. The van der Waals surface area contributed by atoms with E-state index in [0.29, 0.717) is 25.7 Å². The molecule has 2 unspecified atom stereocenters. The number of aliphatic hydroxyl groups excluding tert-OH is 1. The van der Waals surface area contributed by atoms with Gasteiger partial charge in [-0.1, -0.05) is 111 Å². The highest BCUT2D eigenvalue weighted by Crippen LogP contribution is 2.45. The molecule has 0 bridgehead atoms. The molecular weight excluding hydrogens is 790 g/mol. The molecule has 336 valence electrons. The first kappa shape index (κ1) is 55.1. The van der Waals surface area contributed by atoms with Crippen LogP contribution in [-0.4, -0.2) is 96.7 Å². The van der Waals surface area contributed by atoms with Gasteiger partial charge in [-0.25, -0.2) is 9.13 Å². The highest BCUT2D eigenvalue weighted by atomic mass is 31.2. The van der Waals surface area contributed by atoms with E-state index in [1.807, 2.05) is 13.8 Å². The standard InChI is InChI=1S/C38H72O17P2/c1-5-9-13-15-17-21-25-38(43)55-34(28-48-35(40)22-18-11-7-3)31-53-57(46,47)51-27-32(39)26-50-56(44,45)52-30-33(54-37(42)24-19-12-8-4)29-49-36(41)23-20-16-14-10-6-2/h32-34,39H,5-31H2,1-4H3,(H,44,45)(H,46,47)/t32-,33+,34+/m0/s1. The number of esters is 4. The van der Waals surface area contributed by atoms with E-state index in [4.69, 9.17) is 37.0 Å².